The lowest BCUT2D eigenvalue weighted by molar-refractivity contribution is -0.143. The Hall–Kier alpha value is -0.830. The van der Waals surface area contributed by atoms with Gasteiger partial charge in [0.05, 0.1) is 0 Å². The Morgan fingerprint density at radius 2 is 1.62 bits per heavy atom. The molecule has 13 heavy (non-hydrogen) atoms. The summed E-state index contributed by atoms with van der Waals surface area (Å²) in [5, 5.41) is 3.75. The average molecular weight is 184 g/mol. The number of hydrazine groups is 1. The van der Waals surface area contributed by atoms with Crippen LogP contribution in [0.5, 0.6) is 0 Å². The fourth-order valence-corrected chi connectivity index (χ4v) is 1.26. The lowest BCUT2D eigenvalue weighted by Gasteiger charge is -2.32. The zero-order valence-corrected chi connectivity index (χ0v) is 9.13. The molecule has 0 fully saturated rings. The normalized spacial score (nSPS) is 10.2. The highest BCUT2D eigenvalue weighted by molar-refractivity contribution is 5.91. The van der Waals surface area contributed by atoms with Crippen LogP contribution in [0.3, 0.4) is 0 Å². The first-order valence-electron chi connectivity index (χ1n) is 4.80. The summed E-state index contributed by atoms with van der Waals surface area (Å²) in [7, 11) is 0. The fraction of sp³-hybridized carbons (Fsp3) is 0.700. The zero-order valence-electron chi connectivity index (χ0n) is 9.13. The molecule has 3 heteroatoms. The molecule has 1 amide bonds. The van der Waals surface area contributed by atoms with Gasteiger partial charge in [0.15, 0.2) is 0 Å². The summed E-state index contributed by atoms with van der Waals surface area (Å²) in [5.74, 6) is 0.0196. The quantitative estimate of drug-likeness (QED) is 0.479. The van der Waals surface area contributed by atoms with Crippen molar-refractivity contribution in [2.75, 3.05) is 19.6 Å². The summed E-state index contributed by atoms with van der Waals surface area (Å²) in [6, 6.07) is 0. The van der Waals surface area contributed by atoms with Gasteiger partial charge in [-0.3, -0.25) is 9.80 Å². The third-order valence-corrected chi connectivity index (χ3v) is 1.97. The summed E-state index contributed by atoms with van der Waals surface area (Å²) < 4.78 is 0. The Balaban J connectivity index is 4.47. The number of nitrogens with zero attached hydrogens (tertiary/aromatic N) is 2. The van der Waals surface area contributed by atoms with Crippen LogP contribution in [0.4, 0.5) is 0 Å². The van der Waals surface area contributed by atoms with E-state index in [1.165, 1.54) is 0 Å². The molecule has 0 saturated carbocycles. The minimum atomic E-state index is 0.0196. The summed E-state index contributed by atoms with van der Waals surface area (Å²) >= 11 is 0. The standard InChI is InChI=1S/C10H20N2O/c1-6-11(7-2)12(8-3)10(13)9(4)5/h4,6-8H2,1-3,5H3. The first-order chi connectivity index (χ1) is 6.08. The molecule has 0 aromatic carbocycles. The summed E-state index contributed by atoms with van der Waals surface area (Å²) in [5.41, 5.74) is 0.591. The van der Waals surface area contributed by atoms with Gasteiger partial charge in [-0.2, -0.15) is 0 Å². The van der Waals surface area contributed by atoms with E-state index < -0.39 is 0 Å². The van der Waals surface area contributed by atoms with Gasteiger partial charge in [-0.15, -0.1) is 0 Å². The summed E-state index contributed by atoms with van der Waals surface area (Å²) in [4.78, 5) is 11.6. The van der Waals surface area contributed by atoms with Crippen LogP contribution in [0.1, 0.15) is 27.7 Å². The number of carbonyl (C=O) groups excluding carboxylic acids is 1. The molecule has 0 atom stereocenters. The molecule has 0 aromatic rings. The first kappa shape index (κ1) is 12.2. The fourth-order valence-electron chi connectivity index (χ4n) is 1.26. The predicted octanol–water partition coefficient (Wildman–Crippen LogP) is 1.67. The number of hydrogen-bond donors (Lipinski definition) is 0. The van der Waals surface area contributed by atoms with Crippen LogP contribution < -0.4 is 0 Å². The Kier molecular flexibility index (Phi) is 5.39. The zero-order chi connectivity index (χ0) is 10.4. The van der Waals surface area contributed by atoms with Gasteiger partial charge in [0.2, 0.25) is 0 Å². The topological polar surface area (TPSA) is 23.6 Å². The van der Waals surface area contributed by atoms with Crippen molar-refractivity contribution in [2.24, 2.45) is 0 Å². The molecule has 76 valence electrons. The maximum absolute atomic E-state index is 11.6. The van der Waals surface area contributed by atoms with E-state index in [9.17, 15) is 4.79 Å². The second-order valence-electron chi connectivity index (χ2n) is 2.94. The Bertz CT molecular complexity index is 185. The average Bonchev–Trinajstić information content (AvgIpc) is 2.12. The van der Waals surface area contributed by atoms with Gasteiger partial charge in [0.25, 0.3) is 5.91 Å². The summed E-state index contributed by atoms with van der Waals surface area (Å²) in [6.07, 6.45) is 0. The smallest absolute Gasteiger partial charge is 0.263 e. The largest absolute Gasteiger partial charge is 0.272 e. The lowest BCUT2D eigenvalue weighted by atomic mass is 10.3. The van der Waals surface area contributed by atoms with Crippen molar-refractivity contribution in [1.29, 1.82) is 0 Å². The Labute approximate surface area is 81.0 Å². The second-order valence-corrected chi connectivity index (χ2v) is 2.94. The molecule has 3 nitrogen and oxygen atoms in total. The van der Waals surface area contributed by atoms with Gasteiger partial charge in [0, 0.05) is 25.2 Å². The van der Waals surface area contributed by atoms with E-state index in [-0.39, 0.29) is 5.91 Å². The molecule has 0 heterocycles. The van der Waals surface area contributed by atoms with Crippen LogP contribution in [0.25, 0.3) is 0 Å². The molecular formula is C10H20N2O. The molecule has 0 unspecified atom stereocenters. The van der Waals surface area contributed by atoms with E-state index in [0.717, 1.165) is 13.1 Å². The maximum Gasteiger partial charge on any atom is 0.263 e. The van der Waals surface area contributed by atoms with Crippen molar-refractivity contribution >= 4 is 5.91 Å². The third kappa shape index (κ3) is 3.19. The third-order valence-electron chi connectivity index (χ3n) is 1.97. The van der Waals surface area contributed by atoms with E-state index in [0.29, 0.717) is 12.1 Å². The predicted molar refractivity (Wildman–Crippen MR) is 55.1 cm³/mol. The molecule has 0 aromatic heterocycles. The number of rotatable bonds is 5. The van der Waals surface area contributed by atoms with Gasteiger partial charge in [-0.25, -0.2) is 5.01 Å². The lowest BCUT2D eigenvalue weighted by Crippen LogP contribution is -2.46. The Morgan fingerprint density at radius 3 is 1.85 bits per heavy atom. The van der Waals surface area contributed by atoms with E-state index >= 15 is 0 Å². The molecule has 0 N–H and O–H groups in total. The molecule has 0 aliphatic rings. The molecule has 0 radical (unpaired) electrons. The van der Waals surface area contributed by atoms with Crippen molar-refractivity contribution in [3.8, 4) is 0 Å². The minimum Gasteiger partial charge on any atom is -0.272 e. The number of likely N-dealkylation sites (N-methyl/N-ethyl adjacent to an activating group) is 1. The highest BCUT2D eigenvalue weighted by Gasteiger charge is 2.16. The van der Waals surface area contributed by atoms with E-state index in [1.807, 2.05) is 25.8 Å². The highest BCUT2D eigenvalue weighted by atomic mass is 16.2. The first-order valence-corrected chi connectivity index (χ1v) is 4.80. The van der Waals surface area contributed by atoms with Crippen LogP contribution in [-0.4, -0.2) is 35.6 Å². The van der Waals surface area contributed by atoms with Crippen LogP contribution in [0.2, 0.25) is 0 Å². The van der Waals surface area contributed by atoms with Crippen LogP contribution in [0, 0.1) is 0 Å². The van der Waals surface area contributed by atoms with Crippen LogP contribution in [-0.2, 0) is 4.79 Å². The van der Waals surface area contributed by atoms with Crippen LogP contribution >= 0.6 is 0 Å². The molecule has 0 saturated heterocycles. The number of carbonyl (C=O) groups is 1. The minimum absolute atomic E-state index is 0.0196. The Morgan fingerprint density at radius 1 is 1.15 bits per heavy atom. The summed E-state index contributed by atoms with van der Waals surface area (Å²) in [6.45, 7) is 13.9. The SMILES string of the molecule is C=C(C)C(=O)N(CC)N(CC)CC. The number of amides is 1. The second kappa shape index (κ2) is 5.75. The maximum atomic E-state index is 11.6. The van der Waals surface area contributed by atoms with Crippen molar-refractivity contribution in [3.05, 3.63) is 12.2 Å². The van der Waals surface area contributed by atoms with Crippen molar-refractivity contribution in [3.63, 3.8) is 0 Å². The molecule has 0 aliphatic heterocycles. The molecule has 0 rings (SSSR count). The van der Waals surface area contributed by atoms with Gasteiger partial charge in [-0.05, 0) is 13.8 Å². The van der Waals surface area contributed by atoms with Gasteiger partial charge >= 0.3 is 0 Å². The van der Waals surface area contributed by atoms with Crippen molar-refractivity contribution < 1.29 is 4.79 Å². The molecular weight excluding hydrogens is 164 g/mol. The van der Waals surface area contributed by atoms with Crippen LogP contribution in [0.15, 0.2) is 12.2 Å². The van der Waals surface area contributed by atoms with Crippen molar-refractivity contribution in [1.82, 2.24) is 10.0 Å². The van der Waals surface area contributed by atoms with E-state index in [1.54, 1.807) is 11.9 Å². The van der Waals surface area contributed by atoms with Gasteiger partial charge in [-0.1, -0.05) is 20.4 Å². The van der Waals surface area contributed by atoms with Crippen molar-refractivity contribution in [2.45, 2.75) is 27.7 Å². The molecule has 0 spiro atoms. The van der Waals surface area contributed by atoms with Gasteiger partial charge < -0.3 is 0 Å². The highest BCUT2D eigenvalue weighted by Crippen LogP contribution is 2.03. The van der Waals surface area contributed by atoms with E-state index in [2.05, 4.69) is 6.58 Å². The van der Waals surface area contributed by atoms with Gasteiger partial charge in [0.1, 0.15) is 0 Å². The number of hydrogen-bond acceptors (Lipinski definition) is 2. The van der Waals surface area contributed by atoms with E-state index in [4.69, 9.17) is 0 Å². The molecule has 0 aliphatic carbocycles. The molecule has 0 bridgehead atoms. The monoisotopic (exact) mass is 184 g/mol.